The molecule has 1 aromatic carbocycles. The maximum Gasteiger partial charge on any atom is 0.269 e. The zero-order valence-electron chi connectivity index (χ0n) is 9.50. The van der Waals surface area contributed by atoms with Gasteiger partial charge in [0.2, 0.25) is 0 Å². The Morgan fingerprint density at radius 1 is 1.41 bits per heavy atom. The van der Waals surface area contributed by atoms with Crippen molar-refractivity contribution in [2.24, 2.45) is 5.73 Å². The molecular formula is C11H17N3O3. The van der Waals surface area contributed by atoms with Crippen LogP contribution in [0.5, 0.6) is 0 Å². The number of hydrogen-bond donors (Lipinski definition) is 3. The molecule has 0 fully saturated rings. The third-order valence-corrected chi connectivity index (χ3v) is 2.34. The predicted octanol–water partition coefficient (Wildman–Crippen LogP) is 0.0465. The second kappa shape index (κ2) is 6.95. The summed E-state index contributed by atoms with van der Waals surface area (Å²) in [6.45, 7) is 1.22. The van der Waals surface area contributed by atoms with Gasteiger partial charge in [-0.2, -0.15) is 0 Å². The van der Waals surface area contributed by atoms with Crippen LogP contribution in [0.2, 0.25) is 0 Å². The minimum Gasteiger partial charge on any atom is -0.395 e. The number of hydrogen-bond acceptors (Lipinski definition) is 5. The Kier molecular flexibility index (Phi) is 5.55. The fraction of sp³-hybridized carbons (Fsp3) is 0.455. The van der Waals surface area contributed by atoms with Crippen LogP contribution in [0.1, 0.15) is 5.56 Å². The van der Waals surface area contributed by atoms with Crippen molar-refractivity contribution in [3.8, 4) is 0 Å². The molecule has 6 nitrogen and oxygen atoms in total. The predicted molar refractivity (Wildman–Crippen MR) is 64.7 cm³/mol. The van der Waals surface area contributed by atoms with Crippen molar-refractivity contribution in [1.29, 1.82) is 0 Å². The van der Waals surface area contributed by atoms with E-state index in [1.165, 1.54) is 12.1 Å². The van der Waals surface area contributed by atoms with Crippen LogP contribution in [0.3, 0.4) is 0 Å². The van der Waals surface area contributed by atoms with Gasteiger partial charge in [0.15, 0.2) is 0 Å². The van der Waals surface area contributed by atoms with Gasteiger partial charge in [-0.15, -0.1) is 0 Å². The Labute approximate surface area is 99.6 Å². The number of rotatable bonds is 7. The van der Waals surface area contributed by atoms with E-state index in [0.29, 0.717) is 19.5 Å². The van der Waals surface area contributed by atoms with E-state index in [2.05, 4.69) is 5.32 Å². The van der Waals surface area contributed by atoms with E-state index in [0.717, 1.165) is 5.56 Å². The van der Waals surface area contributed by atoms with Crippen LogP contribution in [-0.4, -0.2) is 35.8 Å². The maximum atomic E-state index is 10.5. The number of nitrogens with zero attached hydrogens (tertiary/aromatic N) is 1. The third kappa shape index (κ3) is 4.90. The van der Waals surface area contributed by atoms with Gasteiger partial charge in [0, 0.05) is 31.3 Å². The molecule has 94 valence electrons. The monoisotopic (exact) mass is 239 g/mol. The smallest absolute Gasteiger partial charge is 0.269 e. The summed E-state index contributed by atoms with van der Waals surface area (Å²) in [5, 5.41) is 22.0. The quantitative estimate of drug-likeness (QED) is 0.354. The SMILES string of the molecule is N[C@H](CNCCO)Cc1ccc([N+](=O)[O-])cc1. The number of nitro benzene ring substituents is 1. The van der Waals surface area contributed by atoms with Gasteiger partial charge in [0.05, 0.1) is 11.5 Å². The first-order valence-electron chi connectivity index (χ1n) is 5.44. The molecule has 0 bridgehead atoms. The van der Waals surface area contributed by atoms with Gasteiger partial charge < -0.3 is 16.2 Å². The number of aliphatic hydroxyl groups excluding tert-OH is 1. The molecule has 1 rings (SSSR count). The molecule has 17 heavy (non-hydrogen) atoms. The topological polar surface area (TPSA) is 101 Å². The highest BCUT2D eigenvalue weighted by Crippen LogP contribution is 2.12. The van der Waals surface area contributed by atoms with Crippen molar-refractivity contribution in [3.63, 3.8) is 0 Å². The molecule has 0 radical (unpaired) electrons. The largest absolute Gasteiger partial charge is 0.395 e. The van der Waals surface area contributed by atoms with Crippen molar-refractivity contribution in [1.82, 2.24) is 5.32 Å². The van der Waals surface area contributed by atoms with Gasteiger partial charge in [-0.1, -0.05) is 12.1 Å². The van der Waals surface area contributed by atoms with Crippen molar-refractivity contribution < 1.29 is 10.0 Å². The van der Waals surface area contributed by atoms with Crippen LogP contribution in [0.15, 0.2) is 24.3 Å². The lowest BCUT2D eigenvalue weighted by Crippen LogP contribution is -2.36. The Hall–Kier alpha value is -1.50. The first-order chi connectivity index (χ1) is 8.13. The zero-order valence-corrected chi connectivity index (χ0v) is 9.50. The van der Waals surface area contributed by atoms with E-state index in [4.69, 9.17) is 10.8 Å². The summed E-state index contributed by atoms with van der Waals surface area (Å²) in [5.74, 6) is 0. The van der Waals surface area contributed by atoms with Crippen LogP contribution < -0.4 is 11.1 Å². The standard InChI is InChI=1S/C11H17N3O3/c12-10(8-13-5-6-15)7-9-1-3-11(4-2-9)14(16)17/h1-4,10,13,15H,5-8,12H2/t10-/m0/s1. The summed E-state index contributed by atoms with van der Waals surface area (Å²) in [7, 11) is 0. The number of nitro groups is 1. The summed E-state index contributed by atoms with van der Waals surface area (Å²) < 4.78 is 0. The Morgan fingerprint density at radius 2 is 2.06 bits per heavy atom. The second-order valence-corrected chi connectivity index (χ2v) is 3.82. The van der Waals surface area contributed by atoms with Crippen molar-refractivity contribution in [2.45, 2.75) is 12.5 Å². The number of benzene rings is 1. The average molecular weight is 239 g/mol. The van der Waals surface area contributed by atoms with Crippen molar-refractivity contribution >= 4 is 5.69 Å². The molecular weight excluding hydrogens is 222 g/mol. The zero-order chi connectivity index (χ0) is 12.7. The van der Waals surface area contributed by atoms with E-state index in [1.807, 2.05) is 0 Å². The Balaban J connectivity index is 2.43. The summed E-state index contributed by atoms with van der Waals surface area (Å²) in [6.07, 6.45) is 0.649. The number of non-ortho nitro benzene ring substituents is 1. The van der Waals surface area contributed by atoms with E-state index in [-0.39, 0.29) is 18.3 Å². The van der Waals surface area contributed by atoms with Gasteiger partial charge in [-0.05, 0) is 12.0 Å². The van der Waals surface area contributed by atoms with E-state index >= 15 is 0 Å². The Morgan fingerprint density at radius 3 is 2.59 bits per heavy atom. The molecule has 0 aliphatic rings. The fourth-order valence-electron chi connectivity index (χ4n) is 1.50. The van der Waals surface area contributed by atoms with Gasteiger partial charge in [0.25, 0.3) is 5.69 Å². The summed E-state index contributed by atoms with van der Waals surface area (Å²) in [6, 6.07) is 6.31. The Bertz CT molecular complexity index is 353. The molecule has 0 heterocycles. The molecule has 1 aromatic rings. The van der Waals surface area contributed by atoms with E-state index < -0.39 is 4.92 Å². The molecule has 0 spiro atoms. The lowest BCUT2D eigenvalue weighted by atomic mass is 10.1. The molecule has 1 atom stereocenters. The van der Waals surface area contributed by atoms with E-state index in [9.17, 15) is 10.1 Å². The van der Waals surface area contributed by atoms with E-state index in [1.54, 1.807) is 12.1 Å². The van der Waals surface area contributed by atoms with Crippen molar-refractivity contribution in [3.05, 3.63) is 39.9 Å². The minimum atomic E-state index is -0.424. The molecule has 0 aromatic heterocycles. The highest BCUT2D eigenvalue weighted by molar-refractivity contribution is 5.33. The molecule has 6 heteroatoms. The van der Waals surface area contributed by atoms with Gasteiger partial charge in [0.1, 0.15) is 0 Å². The molecule has 0 unspecified atom stereocenters. The van der Waals surface area contributed by atoms with Crippen LogP contribution in [0.25, 0.3) is 0 Å². The van der Waals surface area contributed by atoms with Crippen LogP contribution in [0.4, 0.5) is 5.69 Å². The van der Waals surface area contributed by atoms with Crippen molar-refractivity contribution in [2.75, 3.05) is 19.7 Å². The maximum absolute atomic E-state index is 10.5. The molecule has 0 saturated heterocycles. The van der Waals surface area contributed by atoms with Gasteiger partial charge in [-0.25, -0.2) is 0 Å². The minimum absolute atomic E-state index is 0.0667. The summed E-state index contributed by atoms with van der Waals surface area (Å²) in [4.78, 5) is 10.0. The number of nitrogens with one attached hydrogen (secondary N) is 1. The van der Waals surface area contributed by atoms with Crippen LogP contribution in [0, 0.1) is 10.1 Å². The first kappa shape index (κ1) is 13.6. The fourth-order valence-corrected chi connectivity index (χ4v) is 1.50. The summed E-state index contributed by atoms with van der Waals surface area (Å²) in [5.41, 5.74) is 6.92. The highest BCUT2D eigenvalue weighted by atomic mass is 16.6. The molecule has 0 amide bonds. The molecule has 4 N–H and O–H groups in total. The lowest BCUT2D eigenvalue weighted by molar-refractivity contribution is -0.384. The van der Waals surface area contributed by atoms with Crippen LogP contribution >= 0.6 is 0 Å². The van der Waals surface area contributed by atoms with Crippen LogP contribution in [-0.2, 0) is 6.42 Å². The number of aliphatic hydroxyl groups is 1. The van der Waals surface area contributed by atoms with Gasteiger partial charge >= 0.3 is 0 Å². The highest BCUT2D eigenvalue weighted by Gasteiger charge is 2.07. The average Bonchev–Trinajstić information content (AvgIpc) is 2.30. The van der Waals surface area contributed by atoms with Gasteiger partial charge in [-0.3, -0.25) is 10.1 Å². The lowest BCUT2D eigenvalue weighted by Gasteiger charge is -2.12. The summed E-state index contributed by atoms with van der Waals surface area (Å²) >= 11 is 0. The normalized spacial score (nSPS) is 12.4. The number of nitrogens with two attached hydrogens (primary N) is 1. The third-order valence-electron chi connectivity index (χ3n) is 2.34. The molecule has 0 aliphatic heterocycles. The molecule has 0 saturated carbocycles. The first-order valence-corrected chi connectivity index (χ1v) is 5.44. The second-order valence-electron chi connectivity index (χ2n) is 3.82. The molecule has 0 aliphatic carbocycles.